The molecule has 22 heavy (non-hydrogen) atoms. The molecule has 5 heteroatoms. The third kappa shape index (κ3) is 3.03. The van der Waals surface area contributed by atoms with Crippen molar-refractivity contribution >= 4 is 5.78 Å². The van der Waals surface area contributed by atoms with E-state index in [9.17, 15) is 14.0 Å². The number of hydrogen-bond donors (Lipinski definition) is 0. The minimum atomic E-state index is -0.497. The molecule has 3 aromatic rings. The molecule has 4 nitrogen and oxygen atoms in total. The van der Waals surface area contributed by atoms with Crippen molar-refractivity contribution in [3.8, 4) is 0 Å². The number of ketones is 1. The molecule has 2 aromatic heterocycles. The summed E-state index contributed by atoms with van der Waals surface area (Å²) in [6, 6.07) is 11.5. The highest BCUT2D eigenvalue weighted by molar-refractivity contribution is 6.05. The monoisotopic (exact) mass is 298 g/mol. The van der Waals surface area contributed by atoms with Gasteiger partial charge in [-0.15, -0.1) is 0 Å². The van der Waals surface area contributed by atoms with Crippen LogP contribution in [0.1, 0.15) is 27.6 Å². The fourth-order valence-corrected chi connectivity index (χ4v) is 2.02. The highest BCUT2D eigenvalue weighted by atomic mass is 19.1. The zero-order chi connectivity index (χ0) is 15.5. The van der Waals surface area contributed by atoms with Crippen molar-refractivity contribution in [1.29, 1.82) is 0 Å². The second-order valence-corrected chi connectivity index (χ2v) is 4.73. The zero-order valence-electron chi connectivity index (χ0n) is 11.4. The third-order valence-corrected chi connectivity index (χ3v) is 3.10. The summed E-state index contributed by atoms with van der Waals surface area (Å²) < 4.78 is 23.3. The van der Waals surface area contributed by atoms with Crippen LogP contribution in [0.3, 0.4) is 0 Å². The Morgan fingerprint density at radius 3 is 2.50 bits per heavy atom. The largest absolute Gasteiger partial charge is 0.460 e. The lowest BCUT2D eigenvalue weighted by Gasteiger charge is -1.99. The van der Waals surface area contributed by atoms with E-state index >= 15 is 0 Å². The summed E-state index contributed by atoms with van der Waals surface area (Å²) in [6.07, 6.45) is 1.60. The number of halogens is 1. The number of carbonyl (C=O) groups is 1. The van der Waals surface area contributed by atoms with Gasteiger partial charge >= 0.3 is 0 Å². The lowest BCUT2D eigenvalue weighted by molar-refractivity contribution is 0.0979. The lowest BCUT2D eigenvalue weighted by Crippen LogP contribution is -2.05. The fraction of sp³-hybridized carbons (Fsp3) is 0.0588. The molecule has 0 radical (unpaired) electrons. The Labute approximate surface area is 124 Å². The number of carbonyl (C=O) groups excluding carboxylic acids is 1. The number of hydrogen-bond acceptors (Lipinski definition) is 4. The van der Waals surface area contributed by atoms with Gasteiger partial charge in [-0.25, -0.2) is 4.39 Å². The first-order valence-corrected chi connectivity index (χ1v) is 6.58. The summed E-state index contributed by atoms with van der Waals surface area (Å²) in [5, 5.41) is 0. The Balaban J connectivity index is 1.80. The average Bonchev–Trinajstić information content (AvgIpc) is 2.97. The summed E-state index contributed by atoms with van der Waals surface area (Å²) in [7, 11) is 0. The van der Waals surface area contributed by atoms with Crippen molar-refractivity contribution < 1.29 is 18.0 Å². The molecule has 110 valence electrons. The number of benzene rings is 1. The first kappa shape index (κ1) is 14.0. The van der Waals surface area contributed by atoms with Gasteiger partial charge in [-0.1, -0.05) is 12.1 Å². The number of furan rings is 1. The molecule has 3 rings (SSSR count). The van der Waals surface area contributed by atoms with Crippen LogP contribution >= 0.6 is 0 Å². The Kier molecular flexibility index (Phi) is 3.70. The molecular weight excluding hydrogens is 287 g/mol. The first-order valence-electron chi connectivity index (χ1n) is 6.58. The van der Waals surface area contributed by atoms with Gasteiger partial charge in [-0.2, -0.15) is 0 Å². The molecule has 0 aliphatic heterocycles. The van der Waals surface area contributed by atoms with Crippen molar-refractivity contribution in [2.45, 2.75) is 6.42 Å². The van der Waals surface area contributed by atoms with E-state index in [-0.39, 0.29) is 22.8 Å². The van der Waals surface area contributed by atoms with Gasteiger partial charge in [0.2, 0.25) is 0 Å². The molecule has 0 aliphatic carbocycles. The Morgan fingerprint density at radius 1 is 1.00 bits per heavy atom. The minimum absolute atomic E-state index is 0.0739. The average molecular weight is 298 g/mol. The van der Waals surface area contributed by atoms with Crippen LogP contribution in [-0.2, 0) is 6.42 Å². The Bertz CT molecular complexity index is 859. The minimum Gasteiger partial charge on any atom is -0.460 e. The molecule has 0 unspecified atom stereocenters. The maximum atomic E-state index is 12.9. The smallest absolute Gasteiger partial charge is 0.263 e. The van der Waals surface area contributed by atoms with Gasteiger partial charge < -0.3 is 8.83 Å². The maximum Gasteiger partial charge on any atom is 0.263 e. The molecule has 0 saturated carbocycles. The Hall–Kier alpha value is -2.95. The van der Waals surface area contributed by atoms with Crippen molar-refractivity contribution in [2.24, 2.45) is 0 Å². The van der Waals surface area contributed by atoms with E-state index in [1.807, 2.05) is 0 Å². The van der Waals surface area contributed by atoms with Gasteiger partial charge in [0.25, 0.3) is 5.78 Å². The molecular formula is C17H11FO4. The maximum absolute atomic E-state index is 12.9. The van der Waals surface area contributed by atoms with Crippen LogP contribution in [0.25, 0.3) is 0 Å². The van der Waals surface area contributed by atoms with Gasteiger partial charge in [0.15, 0.2) is 16.9 Å². The van der Waals surface area contributed by atoms with E-state index in [2.05, 4.69) is 0 Å². The van der Waals surface area contributed by atoms with E-state index in [0.29, 0.717) is 12.2 Å². The summed E-state index contributed by atoms with van der Waals surface area (Å²) in [6.45, 7) is 0. The van der Waals surface area contributed by atoms with E-state index < -0.39 is 5.78 Å². The van der Waals surface area contributed by atoms with Crippen LogP contribution in [0, 0.1) is 5.82 Å². The molecule has 0 N–H and O–H groups in total. The standard InChI is InChI=1S/C17H11FO4/c18-12-3-1-11(2-4-12)9-14-5-6-15(22-14)17(20)16-10-13(19)7-8-21-16/h1-8,10H,9H2. The van der Waals surface area contributed by atoms with E-state index in [1.54, 1.807) is 18.2 Å². The normalized spacial score (nSPS) is 10.6. The number of rotatable bonds is 4. The zero-order valence-corrected chi connectivity index (χ0v) is 11.4. The van der Waals surface area contributed by atoms with Crippen molar-refractivity contribution in [1.82, 2.24) is 0 Å². The van der Waals surface area contributed by atoms with Crippen LogP contribution in [0.2, 0.25) is 0 Å². The summed E-state index contributed by atoms with van der Waals surface area (Å²) in [4.78, 5) is 23.4. The fourth-order valence-electron chi connectivity index (χ4n) is 2.02. The topological polar surface area (TPSA) is 60.4 Å². The van der Waals surface area contributed by atoms with Gasteiger partial charge in [0.05, 0.1) is 6.26 Å². The second kappa shape index (κ2) is 5.81. The molecule has 1 aromatic carbocycles. The van der Waals surface area contributed by atoms with E-state index in [0.717, 1.165) is 17.9 Å². The highest BCUT2D eigenvalue weighted by Crippen LogP contribution is 2.16. The summed E-state index contributed by atoms with van der Waals surface area (Å²) in [5.74, 6) is -0.226. The van der Waals surface area contributed by atoms with Gasteiger partial charge in [0, 0.05) is 18.6 Å². The van der Waals surface area contributed by atoms with Gasteiger partial charge in [-0.3, -0.25) is 9.59 Å². The van der Waals surface area contributed by atoms with Crippen LogP contribution < -0.4 is 5.43 Å². The van der Waals surface area contributed by atoms with E-state index in [4.69, 9.17) is 8.83 Å². The van der Waals surface area contributed by atoms with Crippen LogP contribution in [-0.4, -0.2) is 5.78 Å². The predicted molar refractivity (Wildman–Crippen MR) is 76.3 cm³/mol. The quantitative estimate of drug-likeness (QED) is 0.694. The molecule has 2 heterocycles. The SMILES string of the molecule is O=C(c1cc(=O)cco1)c1ccc(Cc2ccc(F)cc2)o1. The van der Waals surface area contributed by atoms with Gasteiger partial charge in [0.1, 0.15) is 11.6 Å². The van der Waals surface area contributed by atoms with Crippen molar-refractivity contribution in [2.75, 3.05) is 0 Å². The highest BCUT2D eigenvalue weighted by Gasteiger charge is 2.16. The molecule has 0 bridgehead atoms. The molecule has 0 amide bonds. The second-order valence-electron chi connectivity index (χ2n) is 4.73. The first-order chi connectivity index (χ1) is 10.6. The molecule has 0 spiro atoms. The molecule has 0 atom stereocenters. The molecule has 0 fully saturated rings. The third-order valence-electron chi connectivity index (χ3n) is 3.10. The van der Waals surface area contributed by atoms with Gasteiger partial charge in [-0.05, 0) is 29.8 Å². The van der Waals surface area contributed by atoms with E-state index in [1.165, 1.54) is 24.3 Å². The summed E-state index contributed by atoms with van der Waals surface area (Å²) in [5.41, 5.74) is 0.550. The van der Waals surface area contributed by atoms with Crippen LogP contribution in [0.4, 0.5) is 4.39 Å². The van der Waals surface area contributed by atoms with Crippen LogP contribution in [0.15, 0.2) is 68.4 Å². The van der Waals surface area contributed by atoms with Crippen molar-refractivity contribution in [3.05, 3.63) is 93.7 Å². The lowest BCUT2D eigenvalue weighted by atomic mass is 10.1. The Morgan fingerprint density at radius 2 is 1.77 bits per heavy atom. The summed E-state index contributed by atoms with van der Waals surface area (Å²) >= 11 is 0. The van der Waals surface area contributed by atoms with Crippen molar-refractivity contribution in [3.63, 3.8) is 0 Å². The predicted octanol–water partition coefficient (Wildman–Crippen LogP) is 3.19. The van der Waals surface area contributed by atoms with Crippen LogP contribution in [0.5, 0.6) is 0 Å². The molecule has 0 aliphatic rings. The molecule has 0 saturated heterocycles.